The maximum Gasteiger partial charge on any atom is 0.410 e. The molecule has 1 aromatic carbocycles. The van der Waals surface area contributed by atoms with Crippen molar-refractivity contribution >= 4 is 56.3 Å². The van der Waals surface area contributed by atoms with Gasteiger partial charge in [0.15, 0.2) is 17.6 Å². The molecule has 0 radical (unpaired) electrons. The number of ketones is 2. The number of halogens is 1. The highest BCUT2D eigenvalue weighted by Crippen LogP contribution is 2.29. The summed E-state index contributed by atoms with van der Waals surface area (Å²) in [6.45, 7) is 10.2. The number of ether oxygens (including phenoxy) is 2. The molecule has 2 heterocycles. The first-order valence-electron chi connectivity index (χ1n) is 13.3. The number of anilines is 1. The minimum absolute atomic E-state index is 0.0303. The van der Waals surface area contributed by atoms with Crippen LogP contribution in [-0.2, 0) is 30.4 Å². The Labute approximate surface area is 242 Å². The van der Waals surface area contributed by atoms with E-state index in [-0.39, 0.29) is 30.5 Å². The smallest absolute Gasteiger partial charge is 0.410 e. The van der Waals surface area contributed by atoms with E-state index in [0.29, 0.717) is 49.7 Å². The molecule has 0 spiro atoms. The molecule has 1 saturated heterocycles. The van der Waals surface area contributed by atoms with Gasteiger partial charge in [-0.3, -0.25) is 19.3 Å². The Balaban J connectivity index is 1.51. The van der Waals surface area contributed by atoms with E-state index in [1.807, 2.05) is 45.0 Å². The third-order valence-electron chi connectivity index (χ3n) is 7.02. The Morgan fingerprint density at radius 1 is 1.10 bits per heavy atom. The molecule has 1 aliphatic heterocycles. The molecule has 0 saturated carbocycles. The van der Waals surface area contributed by atoms with Crippen molar-refractivity contribution in [3.63, 3.8) is 0 Å². The first-order valence-corrected chi connectivity index (χ1v) is 14.1. The van der Waals surface area contributed by atoms with Gasteiger partial charge in [-0.05, 0) is 57.9 Å². The van der Waals surface area contributed by atoms with E-state index in [1.165, 1.54) is 7.11 Å². The summed E-state index contributed by atoms with van der Waals surface area (Å²) in [4.78, 5) is 58.9. The summed E-state index contributed by atoms with van der Waals surface area (Å²) < 4.78 is 11.0. The van der Waals surface area contributed by atoms with Crippen molar-refractivity contribution in [3.05, 3.63) is 45.4 Å². The monoisotopic (exact) mass is 614 g/mol. The minimum atomic E-state index is -1.09. The van der Waals surface area contributed by atoms with E-state index in [1.54, 1.807) is 11.8 Å². The molecular formula is C29H35BrN4O6. The number of nitrogens with one attached hydrogen (secondary N) is 1. The third kappa shape index (κ3) is 6.87. The minimum Gasteiger partial charge on any atom is -0.469 e. The van der Waals surface area contributed by atoms with Gasteiger partial charge in [0.2, 0.25) is 0 Å². The van der Waals surface area contributed by atoms with Gasteiger partial charge in [-0.1, -0.05) is 22.0 Å². The fourth-order valence-corrected chi connectivity index (χ4v) is 5.25. The number of Topliss-reactive ketones (excluding diaryl/α,β-unsaturated/α-hetero) is 2. The fourth-order valence-electron chi connectivity index (χ4n) is 4.90. The average molecular weight is 616 g/mol. The summed E-state index contributed by atoms with van der Waals surface area (Å²) in [5, 5.41) is 4.02. The van der Waals surface area contributed by atoms with E-state index in [9.17, 15) is 19.2 Å². The number of nitrogens with zero attached hydrogens (tertiary/aromatic N) is 3. The largest absolute Gasteiger partial charge is 0.469 e. The molecule has 1 amide bonds. The predicted octanol–water partition coefficient (Wildman–Crippen LogP) is 4.25. The first-order chi connectivity index (χ1) is 18.9. The number of fused-ring (bicyclic) bond motifs is 1. The molecule has 1 aliphatic carbocycles. The predicted molar refractivity (Wildman–Crippen MR) is 154 cm³/mol. The SMILES string of the molecule is COC(=O)CCC1=C(C)C(=O)C(Nc2cc(CN3CCN(C(=O)OC(C)(C)C)CC3)c3ccc(Br)cc3n2)C1=O. The molecule has 1 atom stereocenters. The van der Waals surface area contributed by atoms with E-state index in [0.717, 1.165) is 20.9 Å². The van der Waals surface area contributed by atoms with Crippen molar-refractivity contribution < 1.29 is 28.7 Å². The van der Waals surface area contributed by atoms with Crippen LogP contribution in [0.4, 0.5) is 10.6 Å². The van der Waals surface area contributed by atoms with E-state index < -0.39 is 17.6 Å². The number of benzene rings is 1. The highest BCUT2D eigenvalue weighted by atomic mass is 79.9. The molecule has 214 valence electrons. The summed E-state index contributed by atoms with van der Waals surface area (Å²) in [5.41, 5.74) is 1.87. The standard InChI is InChI=1S/C29H35BrN4O6/c1-17-20(8-9-24(35)39-5)27(37)25(26(17)36)32-23-14-18(21-7-6-19(30)15-22(21)31-23)16-33-10-12-34(13-11-33)28(38)40-29(2,3)4/h6-7,14-15,25H,8-13,16H2,1-5H3,(H,31,32). The van der Waals surface area contributed by atoms with Gasteiger partial charge in [0, 0.05) is 60.1 Å². The van der Waals surface area contributed by atoms with Crippen LogP contribution in [0.1, 0.15) is 46.1 Å². The zero-order valence-electron chi connectivity index (χ0n) is 23.5. The molecule has 11 heteroatoms. The number of pyridine rings is 1. The second kappa shape index (κ2) is 12.1. The average Bonchev–Trinajstić information content (AvgIpc) is 3.09. The second-order valence-corrected chi connectivity index (χ2v) is 12.0. The zero-order chi connectivity index (χ0) is 29.2. The van der Waals surface area contributed by atoms with Crippen LogP contribution in [0.5, 0.6) is 0 Å². The Morgan fingerprint density at radius 3 is 2.45 bits per heavy atom. The lowest BCUT2D eigenvalue weighted by atomic mass is 10.1. The number of rotatable bonds is 7. The number of hydrogen-bond acceptors (Lipinski definition) is 9. The lowest BCUT2D eigenvalue weighted by molar-refractivity contribution is -0.140. The van der Waals surface area contributed by atoms with Gasteiger partial charge in [0.05, 0.1) is 12.6 Å². The van der Waals surface area contributed by atoms with E-state index >= 15 is 0 Å². The number of hydrogen-bond donors (Lipinski definition) is 1. The molecule has 4 rings (SSSR count). The molecule has 0 bridgehead atoms. The summed E-state index contributed by atoms with van der Waals surface area (Å²) in [6.07, 6.45) is -0.124. The molecular weight excluding hydrogens is 580 g/mol. The second-order valence-electron chi connectivity index (χ2n) is 11.1. The lowest BCUT2D eigenvalue weighted by Gasteiger charge is -2.35. The van der Waals surface area contributed by atoms with Crippen molar-refractivity contribution in [1.82, 2.24) is 14.8 Å². The zero-order valence-corrected chi connectivity index (χ0v) is 25.1. The van der Waals surface area contributed by atoms with Gasteiger partial charge in [-0.15, -0.1) is 0 Å². The van der Waals surface area contributed by atoms with Gasteiger partial charge < -0.3 is 19.7 Å². The van der Waals surface area contributed by atoms with E-state index in [2.05, 4.69) is 30.9 Å². The summed E-state index contributed by atoms with van der Waals surface area (Å²) in [7, 11) is 1.29. The maximum absolute atomic E-state index is 13.1. The van der Waals surface area contributed by atoms with Gasteiger partial charge >= 0.3 is 12.1 Å². The topological polar surface area (TPSA) is 118 Å². The first kappa shape index (κ1) is 29.7. The summed E-state index contributed by atoms with van der Waals surface area (Å²) >= 11 is 3.51. The highest BCUT2D eigenvalue weighted by molar-refractivity contribution is 9.10. The molecule has 40 heavy (non-hydrogen) atoms. The van der Waals surface area contributed by atoms with Crippen LogP contribution in [-0.4, -0.2) is 83.3 Å². The quantitative estimate of drug-likeness (QED) is 0.360. The van der Waals surface area contributed by atoms with Crippen molar-refractivity contribution in [2.24, 2.45) is 0 Å². The van der Waals surface area contributed by atoms with Crippen LogP contribution in [0.25, 0.3) is 10.9 Å². The molecule has 2 aromatic rings. The number of methoxy groups -OCH3 is 1. The van der Waals surface area contributed by atoms with Crippen LogP contribution < -0.4 is 5.32 Å². The number of aromatic nitrogens is 1. The lowest BCUT2D eigenvalue weighted by Crippen LogP contribution is -2.49. The number of carbonyl (C=O) groups is 4. The van der Waals surface area contributed by atoms with Crippen molar-refractivity contribution in [3.8, 4) is 0 Å². The van der Waals surface area contributed by atoms with Crippen molar-refractivity contribution in [1.29, 1.82) is 0 Å². The summed E-state index contributed by atoms with van der Waals surface area (Å²) in [6, 6.07) is 6.62. The molecule has 1 N–H and O–H groups in total. The molecule has 2 aliphatic rings. The highest BCUT2D eigenvalue weighted by Gasteiger charge is 2.39. The normalized spacial score (nSPS) is 18.4. The van der Waals surface area contributed by atoms with E-state index in [4.69, 9.17) is 9.72 Å². The molecule has 10 nitrogen and oxygen atoms in total. The van der Waals surface area contributed by atoms with Crippen molar-refractivity contribution in [2.75, 3.05) is 38.6 Å². The number of carbonyl (C=O) groups excluding carboxylic acids is 4. The van der Waals surface area contributed by atoms with Crippen LogP contribution in [0.2, 0.25) is 0 Å². The van der Waals surface area contributed by atoms with Crippen LogP contribution in [0, 0.1) is 0 Å². The number of amides is 1. The molecule has 1 unspecified atom stereocenters. The summed E-state index contributed by atoms with van der Waals surface area (Å²) in [5.74, 6) is -0.680. The Bertz CT molecular complexity index is 1370. The maximum atomic E-state index is 13.1. The number of esters is 1. The third-order valence-corrected chi connectivity index (χ3v) is 7.51. The van der Waals surface area contributed by atoms with Crippen LogP contribution in [0.15, 0.2) is 39.9 Å². The van der Waals surface area contributed by atoms with Crippen LogP contribution >= 0.6 is 15.9 Å². The van der Waals surface area contributed by atoms with Gasteiger partial charge in [0.25, 0.3) is 0 Å². The Morgan fingerprint density at radius 2 is 1.80 bits per heavy atom. The fraction of sp³-hybridized carbons (Fsp3) is 0.483. The Kier molecular flexibility index (Phi) is 8.94. The van der Waals surface area contributed by atoms with Gasteiger partial charge in [0.1, 0.15) is 11.4 Å². The van der Waals surface area contributed by atoms with Gasteiger partial charge in [-0.25, -0.2) is 9.78 Å². The molecule has 1 aromatic heterocycles. The van der Waals surface area contributed by atoms with Gasteiger partial charge in [-0.2, -0.15) is 0 Å². The molecule has 1 fully saturated rings. The van der Waals surface area contributed by atoms with Crippen LogP contribution in [0.3, 0.4) is 0 Å². The number of piperazine rings is 1. The Hall–Kier alpha value is -3.31. The van der Waals surface area contributed by atoms with Crippen molar-refractivity contribution in [2.45, 2.75) is 58.7 Å².